The van der Waals surface area contributed by atoms with Gasteiger partial charge < -0.3 is 9.67 Å². The van der Waals surface area contributed by atoms with E-state index in [0.717, 1.165) is 4.31 Å². The third-order valence-corrected chi connectivity index (χ3v) is 4.84. The van der Waals surface area contributed by atoms with Crippen LogP contribution in [-0.4, -0.2) is 39.9 Å². The van der Waals surface area contributed by atoms with Crippen molar-refractivity contribution in [2.75, 3.05) is 6.54 Å². The highest BCUT2D eigenvalue weighted by atomic mass is 32.2. The van der Waals surface area contributed by atoms with E-state index in [1.54, 1.807) is 13.1 Å². The van der Waals surface area contributed by atoms with Gasteiger partial charge in [0.05, 0.1) is 12.7 Å². The number of hydrogen-bond acceptors (Lipinski definition) is 4. The minimum absolute atomic E-state index is 0.135. The molecule has 124 valence electrons. The number of aromatic nitrogens is 2. The van der Waals surface area contributed by atoms with Crippen molar-refractivity contribution in [3.05, 3.63) is 48.2 Å². The number of carbonyl (C=O) groups is 1. The third kappa shape index (κ3) is 4.36. The number of hydrogen-bond donors (Lipinski definition) is 1. The zero-order chi connectivity index (χ0) is 17.0. The van der Waals surface area contributed by atoms with Crippen LogP contribution in [0.15, 0.2) is 41.8 Å². The molecule has 0 aliphatic carbocycles. The highest BCUT2D eigenvalue weighted by Crippen LogP contribution is 2.17. The van der Waals surface area contributed by atoms with Crippen LogP contribution in [0.25, 0.3) is 0 Å². The van der Waals surface area contributed by atoms with E-state index in [1.807, 2.05) is 0 Å². The van der Waals surface area contributed by atoms with Crippen LogP contribution in [0, 0.1) is 5.82 Å². The molecule has 2 aromatic rings. The number of nitrogens with zero attached hydrogens (tertiary/aromatic N) is 3. The number of aryl methyl sites for hydroxylation is 1. The highest BCUT2D eigenvalue weighted by Gasteiger charge is 2.27. The van der Waals surface area contributed by atoms with Crippen molar-refractivity contribution in [3.63, 3.8) is 0 Å². The maximum absolute atomic E-state index is 13.3. The van der Waals surface area contributed by atoms with Crippen molar-refractivity contribution in [2.45, 2.75) is 18.0 Å². The van der Waals surface area contributed by atoms with Gasteiger partial charge in [0.15, 0.2) is 5.03 Å². The predicted molar refractivity (Wildman–Crippen MR) is 79.5 cm³/mol. The van der Waals surface area contributed by atoms with Gasteiger partial charge in [-0.05, 0) is 17.7 Å². The number of carboxylic acids is 1. The molecule has 0 aliphatic rings. The first-order valence-electron chi connectivity index (χ1n) is 6.73. The molecule has 0 saturated carbocycles. The van der Waals surface area contributed by atoms with E-state index in [9.17, 15) is 17.6 Å². The smallest absolute Gasteiger partial charge is 0.304 e. The van der Waals surface area contributed by atoms with Gasteiger partial charge in [-0.2, -0.15) is 4.31 Å². The lowest BCUT2D eigenvalue weighted by Gasteiger charge is -2.20. The minimum atomic E-state index is -3.97. The summed E-state index contributed by atoms with van der Waals surface area (Å²) in [6.07, 6.45) is 2.31. The van der Waals surface area contributed by atoms with E-state index in [2.05, 4.69) is 4.98 Å². The summed E-state index contributed by atoms with van der Waals surface area (Å²) in [6, 6.07) is 5.50. The normalized spacial score (nSPS) is 11.8. The topological polar surface area (TPSA) is 92.5 Å². The van der Waals surface area contributed by atoms with E-state index < -0.39 is 21.8 Å². The van der Waals surface area contributed by atoms with Crippen molar-refractivity contribution < 1.29 is 22.7 Å². The number of halogens is 1. The van der Waals surface area contributed by atoms with E-state index in [-0.39, 0.29) is 24.5 Å². The van der Waals surface area contributed by atoms with Gasteiger partial charge in [0, 0.05) is 26.3 Å². The molecule has 0 saturated heterocycles. The summed E-state index contributed by atoms with van der Waals surface area (Å²) >= 11 is 0. The van der Waals surface area contributed by atoms with Crippen LogP contribution < -0.4 is 0 Å². The summed E-state index contributed by atoms with van der Waals surface area (Å²) < 4.78 is 41.0. The fraction of sp³-hybridized carbons (Fsp3) is 0.286. The second-order valence-electron chi connectivity index (χ2n) is 4.99. The maximum atomic E-state index is 13.3. The van der Waals surface area contributed by atoms with E-state index in [0.29, 0.717) is 5.56 Å². The Morgan fingerprint density at radius 2 is 2.17 bits per heavy atom. The lowest BCUT2D eigenvalue weighted by atomic mass is 10.2. The number of imidazole rings is 1. The molecule has 0 fully saturated rings. The number of aliphatic carboxylic acids is 1. The Kier molecular flexibility index (Phi) is 5.12. The lowest BCUT2D eigenvalue weighted by molar-refractivity contribution is -0.137. The predicted octanol–water partition coefficient (Wildman–Crippen LogP) is 1.22. The Morgan fingerprint density at radius 3 is 2.74 bits per heavy atom. The monoisotopic (exact) mass is 341 g/mol. The number of carboxylic acid groups (broad SMARTS) is 1. The van der Waals surface area contributed by atoms with Gasteiger partial charge in [-0.1, -0.05) is 12.1 Å². The summed E-state index contributed by atoms with van der Waals surface area (Å²) in [4.78, 5) is 14.6. The largest absolute Gasteiger partial charge is 0.481 e. The van der Waals surface area contributed by atoms with E-state index in [1.165, 1.54) is 35.3 Å². The molecule has 0 aliphatic heterocycles. The molecule has 7 nitrogen and oxygen atoms in total. The number of rotatable bonds is 7. The molecular formula is C14H16FN3O4S. The minimum Gasteiger partial charge on any atom is -0.481 e. The molecular weight excluding hydrogens is 325 g/mol. The zero-order valence-electron chi connectivity index (χ0n) is 12.4. The Bertz CT molecular complexity index is 804. The van der Waals surface area contributed by atoms with Crippen LogP contribution in [0.4, 0.5) is 4.39 Å². The Morgan fingerprint density at radius 1 is 1.43 bits per heavy atom. The second kappa shape index (κ2) is 6.88. The standard InChI is InChI=1S/C14H16FN3O4S/c1-17-9-13(16-10-17)23(21,22)18(6-5-14(19)20)8-11-3-2-4-12(15)7-11/h2-4,7,9-10H,5-6,8H2,1H3,(H,19,20). The average Bonchev–Trinajstić information content (AvgIpc) is 2.90. The molecule has 0 amide bonds. The van der Waals surface area contributed by atoms with Gasteiger partial charge in [-0.25, -0.2) is 17.8 Å². The van der Waals surface area contributed by atoms with Crippen LogP contribution in [0.2, 0.25) is 0 Å². The first kappa shape index (κ1) is 17.1. The van der Waals surface area contributed by atoms with Crippen molar-refractivity contribution in [1.29, 1.82) is 0 Å². The summed E-state index contributed by atoms with van der Waals surface area (Å²) in [6.45, 7) is -0.366. The zero-order valence-corrected chi connectivity index (χ0v) is 13.2. The molecule has 1 heterocycles. The van der Waals surface area contributed by atoms with E-state index >= 15 is 0 Å². The molecule has 1 aromatic heterocycles. The van der Waals surface area contributed by atoms with Gasteiger partial charge >= 0.3 is 5.97 Å². The molecule has 1 aromatic carbocycles. The molecule has 23 heavy (non-hydrogen) atoms. The van der Waals surface area contributed by atoms with Crippen LogP contribution >= 0.6 is 0 Å². The van der Waals surface area contributed by atoms with Crippen LogP contribution in [0.3, 0.4) is 0 Å². The molecule has 0 bridgehead atoms. The summed E-state index contributed by atoms with van der Waals surface area (Å²) in [7, 11) is -2.35. The fourth-order valence-electron chi connectivity index (χ4n) is 2.00. The molecule has 0 unspecified atom stereocenters. The summed E-state index contributed by atoms with van der Waals surface area (Å²) in [5.74, 6) is -1.61. The van der Waals surface area contributed by atoms with Gasteiger partial charge in [-0.3, -0.25) is 4.79 Å². The Labute approximate surface area is 133 Å². The molecule has 0 spiro atoms. The van der Waals surface area contributed by atoms with Crippen molar-refractivity contribution in [1.82, 2.24) is 13.9 Å². The molecule has 0 atom stereocenters. The van der Waals surface area contributed by atoms with Crippen LogP contribution in [0.5, 0.6) is 0 Å². The van der Waals surface area contributed by atoms with Crippen molar-refractivity contribution >= 4 is 16.0 Å². The quantitative estimate of drug-likeness (QED) is 0.817. The van der Waals surface area contributed by atoms with Crippen molar-refractivity contribution in [3.8, 4) is 0 Å². The first-order chi connectivity index (χ1) is 10.8. The van der Waals surface area contributed by atoms with E-state index in [4.69, 9.17) is 5.11 Å². The first-order valence-corrected chi connectivity index (χ1v) is 8.17. The lowest BCUT2D eigenvalue weighted by Crippen LogP contribution is -2.33. The van der Waals surface area contributed by atoms with Gasteiger partial charge in [0.2, 0.25) is 0 Å². The molecule has 0 radical (unpaired) electrons. The summed E-state index contributed by atoms with van der Waals surface area (Å²) in [5.41, 5.74) is 0.426. The summed E-state index contributed by atoms with van der Waals surface area (Å²) in [5, 5.41) is 8.63. The maximum Gasteiger partial charge on any atom is 0.304 e. The SMILES string of the molecule is Cn1cnc(S(=O)(=O)N(CCC(=O)O)Cc2cccc(F)c2)c1. The highest BCUT2D eigenvalue weighted by molar-refractivity contribution is 7.89. The molecule has 2 rings (SSSR count). The van der Waals surface area contributed by atoms with Crippen molar-refractivity contribution in [2.24, 2.45) is 7.05 Å². The second-order valence-corrected chi connectivity index (χ2v) is 6.87. The average molecular weight is 341 g/mol. The molecule has 9 heteroatoms. The third-order valence-electron chi connectivity index (χ3n) is 3.11. The number of benzene rings is 1. The Hall–Kier alpha value is -2.26. The number of sulfonamides is 1. The fourth-order valence-corrected chi connectivity index (χ4v) is 3.39. The molecule has 1 N–H and O–H groups in total. The van der Waals surface area contributed by atoms with Crippen LogP contribution in [-0.2, 0) is 28.4 Å². The van der Waals surface area contributed by atoms with Gasteiger partial charge in [0.1, 0.15) is 5.82 Å². The Balaban J connectivity index is 2.31. The van der Waals surface area contributed by atoms with Gasteiger partial charge in [0.25, 0.3) is 10.0 Å². The van der Waals surface area contributed by atoms with Gasteiger partial charge in [-0.15, -0.1) is 0 Å². The van der Waals surface area contributed by atoms with Crippen LogP contribution in [0.1, 0.15) is 12.0 Å².